The summed E-state index contributed by atoms with van der Waals surface area (Å²) in [5.74, 6) is 1.76. The van der Waals surface area contributed by atoms with E-state index in [4.69, 9.17) is 4.74 Å². The summed E-state index contributed by atoms with van der Waals surface area (Å²) in [6, 6.07) is 26.6. The van der Waals surface area contributed by atoms with Gasteiger partial charge in [-0.2, -0.15) is 4.68 Å². The molecular weight excluding hydrogens is 442 g/mol. The van der Waals surface area contributed by atoms with E-state index < -0.39 is 0 Å². The third kappa shape index (κ3) is 6.82. The maximum Gasteiger partial charge on any atom is 0.214 e. The largest absolute Gasteiger partial charge is 0.489 e. The minimum Gasteiger partial charge on any atom is -0.489 e. The lowest BCUT2D eigenvalue weighted by Crippen LogP contribution is -2.16. The van der Waals surface area contributed by atoms with Crippen LogP contribution in [0.4, 0.5) is 0 Å². The van der Waals surface area contributed by atoms with E-state index in [1.54, 1.807) is 16.4 Å². The maximum absolute atomic E-state index is 5.95. The number of aryl methyl sites for hydroxylation is 1. The van der Waals surface area contributed by atoms with Crippen molar-refractivity contribution >= 4 is 24.2 Å². The molecule has 32 heavy (non-hydrogen) atoms. The lowest BCUT2D eigenvalue weighted by atomic mass is 10.2. The summed E-state index contributed by atoms with van der Waals surface area (Å²) in [6.45, 7) is 4.29. The van der Waals surface area contributed by atoms with Crippen molar-refractivity contribution < 1.29 is 4.74 Å². The first-order valence-electron chi connectivity index (χ1n) is 10.2. The highest BCUT2D eigenvalue weighted by atomic mass is 35.5. The van der Waals surface area contributed by atoms with Gasteiger partial charge in [-0.3, -0.25) is 0 Å². The minimum atomic E-state index is 0. The number of hydrogen-bond acceptors (Lipinski definition) is 6. The summed E-state index contributed by atoms with van der Waals surface area (Å²) in [5, 5.41) is 16.3. The summed E-state index contributed by atoms with van der Waals surface area (Å²) in [4.78, 5) is 0. The molecule has 0 saturated carbocycles. The van der Waals surface area contributed by atoms with Crippen LogP contribution in [0.3, 0.4) is 0 Å². The molecule has 1 N–H and O–H groups in total. The van der Waals surface area contributed by atoms with Crippen LogP contribution in [0.2, 0.25) is 0 Å². The predicted octanol–water partition coefficient (Wildman–Crippen LogP) is 4.85. The first-order valence-corrected chi connectivity index (χ1v) is 11.2. The molecule has 0 bridgehead atoms. The Morgan fingerprint density at radius 3 is 2.56 bits per heavy atom. The van der Waals surface area contributed by atoms with Crippen LogP contribution in [0.1, 0.15) is 16.7 Å². The molecule has 3 aromatic carbocycles. The van der Waals surface area contributed by atoms with Crippen molar-refractivity contribution in [1.82, 2.24) is 25.5 Å². The highest BCUT2D eigenvalue weighted by Gasteiger charge is 2.08. The van der Waals surface area contributed by atoms with Gasteiger partial charge in [0.25, 0.3) is 0 Å². The van der Waals surface area contributed by atoms with Crippen LogP contribution in [0, 0.1) is 6.92 Å². The first-order chi connectivity index (χ1) is 15.3. The molecule has 1 heterocycles. The molecule has 1 aromatic heterocycles. The lowest BCUT2D eigenvalue weighted by molar-refractivity contribution is 0.306. The second-order valence-corrected chi connectivity index (χ2v) is 8.22. The highest BCUT2D eigenvalue weighted by Crippen LogP contribution is 2.18. The number of para-hydroxylation sites is 1. The van der Waals surface area contributed by atoms with E-state index in [0.29, 0.717) is 6.61 Å². The topological polar surface area (TPSA) is 64.9 Å². The van der Waals surface area contributed by atoms with E-state index in [1.165, 1.54) is 16.7 Å². The number of nitrogens with zero attached hydrogens (tertiary/aromatic N) is 4. The summed E-state index contributed by atoms with van der Waals surface area (Å²) in [6.07, 6.45) is 0. The second-order valence-electron chi connectivity index (χ2n) is 7.16. The number of rotatable bonds is 10. The fourth-order valence-electron chi connectivity index (χ4n) is 3.04. The van der Waals surface area contributed by atoms with Gasteiger partial charge >= 0.3 is 0 Å². The molecule has 8 heteroatoms. The Balaban J connectivity index is 0.00000289. The second kappa shape index (κ2) is 12.2. The molecule has 0 aliphatic carbocycles. The van der Waals surface area contributed by atoms with E-state index in [-0.39, 0.29) is 12.4 Å². The van der Waals surface area contributed by atoms with Crippen molar-refractivity contribution in [3.05, 3.63) is 95.6 Å². The summed E-state index contributed by atoms with van der Waals surface area (Å²) < 4.78 is 7.71. The van der Waals surface area contributed by atoms with Gasteiger partial charge in [-0.05, 0) is 52.7 Å². The van der Waals surface area contributed by atoms with E-state index in [1.807, 2.05) is 42.5 Å². The molecule has 4 aromatic rings. The summed E-state index contributed by atoms with van der Waals surface area (Å²) in [7, 11) is 0. The monoisotopic (exact) mass is 467 g/mol. The normalized spacial score (nSPS) is 10.5. The molecule has 0 unspecified atom stereocenters. The van der Waals surface area contributed by atoms with Crippen molar-refractivity contribution in [3.63, 3.8) is 0 Å². The fraction of sp³-hybridized carbons (Fsp3) is 0.208. The number of halogens is 1. The Morgan fingerprint density at radius 2 is 1.75 bits per heavy atom. The van der Waals surface area contributed by atoms with Crippen LogP contribution in [-0.2, 0) is 13.2 Å². The van der Waals surface area contributed by atoms with E-state index in [9.17, 15) is 0 Å². The van der Waals surface area contributed by atoms with Gasteiger partial charge in [0, 0.05) is 18.8 Å². The van der Waals surface area contributed by atoms with Crippen molar-refractivity contribution in [1.29, 1.82) is 0 Å². The third-order valence-electron chi connectivity index (χ3n) is 4.71. The van der Waals surface area contributed by atoms with Gasteiger partial charge in [0.2, 0.25) is 5.16 Å². The molecule has 0 spiro atoms. The number of aromatic nitrogens is 4. The van der Waals surface area contributed by atoms with Crippen LogP contribution < -0.4 is 10.1 Å². The van der Waals surface area contributed by atoms with Gasteiger partial charge in [-0.1, -0.05) is 71.9 Å². The zero-order valence-electron chi connectivity index (χ0n) is 17.8. The van der Waals surface area contributed by atoms with Gasteiger partial charge in [0.05, 0.1) is 5.69 Å². The number of tetrazole rings is 1. The van der Waals surface area contributed by atoms with Crippen LogP contribution >= 0.6 is 24.2 Å². The Morgan fingerprint density at radius 1 is 0.938 bits per heavy atom. The van der Waals surface area contributed by atoms with Crippen LogP contribution in [0.25, 0.3) is 5.69 Å². The number of hydrogen-bond donors (Lipinski definition) is 1. The van der Waals surface area contributed by atoms with Crippen molar-refractivity contribution in [3.8, 4) is 11.4 Å². The summed E-state index contributed by atoms with van der Waals surface area (Å²) in [5.41, 5.74) is 4.58. The fourth-order valence-corrected chi connectivity index (χ4v) is 3.83. The van der Waals surface area contributed by atoms with Crippen molar-refractivity contribution in [2.45, 2.75) is 25.2 Å². The van der Waals surface area contributed by atoms with E-state index >= 15 is 0 Å². The standard InChI is InChI=1S/C24H25N5OS.ClH/c1-19-10-12-20(13-11-19)18-30-23-9-5-6-21(16-23)17-25-14-15-31-24-26-27-28-29(24)22-7-3-2-4-8-22;/h2-13,16,25H,14-15,17-18H2,1H3;1H. The van der Waals surface area contributed by atoms with E-state index in [0.717, 1.165) is 35.4 Å². The van der Waals surface area contributed by atoms with Gasteiger partial charge in [-0.15, -0.1) is 17.5 Å². The molecule has 0 aliphatic heterocycles. The number of ether oxygens (including phenoxy) is 1. The van der Waals surface area contributed by atoms with Crippen LogP contribution in [0.5, 0.6) is 5.75 Å². The van der Waals surface area contributed by atoms with Gasteiger partial charge in [0.15, 0.2) is 0 Å². The van der Waals surface area contributed by atoms with Crippen LogP contribution in [0.15, 0.2) is 84.0 Å². The zero-order valence-corrected chi connectivity index (χ0v) is 19.5. The molecule has 0 radical (unpaired) electrons. The number of thioether (sulfide) groups is 1. The Hall–Kier alpha value is -2.87. The smallest absolute Gasteiger partial charge is 0.214 e. The SMILES string of the molecule is Cc1ccc(COc2cccc(CNCCSc3nnnn3-c3ccccc3)c2)cc1.Cl. The number of nitrogens with one attached hydrogen (secondary N) is 1. The number of benzene rings is 3. The maximum atomic E-state index is 5.95. The Labute approximate surface area is 198 Å². The molecule has 4 rings (SSSR count). The molecular formula is C24H26ClN5OS. The molecule has 0 saturated heterocycles. The molecule has 166 valence electrons. The van der Waals surface area contributed by atoms with E-state index in [2.05, 4.69) is 64.2 Å². The molecule has 0 fully saturated rings. The average Bonchev–Trinajstić information content (AvgIpc) is 3.28. The van der Waals surface area contributed by atoms with Gasteiger partial charge in [-0.25, -0.2) is 0 Å². The van der Waals surface area contributed by atoms with Gasteiger partial charge < -0.3 is 10.1 Å². The Bertz CT molecular complexity index is 1090. The predicted molar refractivity (Wildman–Crippen MR) is 131 cm³/mol. The zero-order chi connectivity index (χ0) is 21.3. The highest BCUT2D eigenvalue weighted by molar-refractivity contribution is 7.99. The quantitative estimate of drug-likeness (QED) is 0.265. The van der Waals surface area contributed by atoms with Crippen molar-refractivity contribution in [2.24, 2.45) is 0 Å². The van der Waals surface area contributed by atoms with Crippen LogP contribution in [-0.4, -0.2) is 32.5 Å². The summed E-state index contributed by atoms with van der Waals surface area (Å²) >= 11 is 1.63. The lowest BCUT2D eigenvalue weighted by Gasteiger charge is -2.09. The molecule has 0 atom stereocenters. The third-order valence-corrected chi connectivity index (χ3v) is 5.63. The molecule has 0 aliphatic rings. The average molecular weight is 468 g/mol. The van der Waals surface area contributed by atoms with Crippen molar-refractivity contribution in [2.75, 3.05) is 12.3 Å². The molecule has 0 amide bonds. The minimum absolute atomic E-state index is 0. The van der Waals surface area contributed by atoms with Gasteiger partial charge in [0.1, 0.15) is 12.4 Å². The Kier molecular flexibility index (Phi) is 9.10. The first kappa shape index (κ1) is 23.8. The molecule has 6 nitrogen and oxygen atoms in total.